The summed E-state index contributed by atoms with van der Waals surface area (Å²) in [6.07, 6.45) is 8.53. The van der Waals surface area contributed by atoms with Crippen molar-refractivity contribution in [2.45, 2.75) is 12.5 Å². The Hall–Kier alpha value is -2.07. The van der Waals surface area contributed by atoms with Crippen LogP contribution >= 0.6 is 0 Å². The summed E-state index contributed by atoms with van der Waals surface area (Å²) >= 11 is 0. The van der Waals surface area contributed by atoms with Crippen LogP contribution in [0.1, 0.15) is 12.0 Å². The second-order valence-electron chi connectivity index (χ2n) is 4.84. The zero-order valence-corrected chi connectivity index (χ0v) is 11.3. The molecule has 0 aromatic heterocycles. The number of hydrogen-bond donors (Lipinski definition) is 3. The van der Waals surface area contributed by atoms with Crippen molar-refractivity contribution in [2.75, 3.05) is 13.2 Å². The smallest absolute Gasteiger partial charge is 0.315 e. The highest BCUT2D eigenvalue weighted by molar-refractivity contribution is 5.74. The predicted molar refractivity (Wildman–Crippen MR) is 80.1 cm³/mol. The summed E-state index contributed by atoms with van der Waals surface area (Å²) in [5, 5.41) is 14.7. The van der Waals surface area contributed by atoms with E-state index in [-0.39, 0.29) is 24.6 Å². The Morgan fingerprint density at radius 1 is 1.30 bits per heavy atom. The number of nitrogens with one attached hydrogen (secondary N) is 2. The molecule has 0 unspecified atom stereocenters. The molecule has 4 heteroatoms. The van der Waals surface area contributed by atoms with Gasteiger partial charge in [0, 0.05) is 25.1 Å². The molecule has 0 bridgehead atoms. The minimum Gasteiger partial charge on any atom is -0.396 e. The van der Waals surface area contributed by atoms with Gasteiger partial charge in [-0.1, -0.05) is 54.6 Å². The Morgan fingerprint density at radius 3 is 2.80 bits per heavy atom. The normalized spacial score (nSPS) is 21.2. The maximum absolute atomic E-state index is 11.7. The van der Waals surface area contributed by atoms with Crippen molar-refractivity contribution in [3.05, 3.63) is 54.1 Å². The standard InChI is InChI=1S/C16H20N2O2/c19-12-14-8-9-15(11-14)18-16(20)17-10-4-7-13-5-2-1-3-6-13/h1-9,14-15,19H,10-12H2,(H2,17,18,20)/b7-4+/t14-,15+/m0/s1. The maximum Gasteiger partial charge on any atom is 0.315 e. The molecule has 2 rings (SSSR count). The molecule has 0 saturated carbocycles. The molecule has 106 valence electrons. The molecule has 1 aromatic carbocycles. The van der Waals surface area contributed by atoms with E-state index in [0.717, 1.165) is 12.0 Å². The van der Waals surface area contributed by atoms with Crippen LogP contribution in [-0.4, -0.2) is 30.3 Å². The number of urea groups is 1. The number of carbonyl (C=O) groups is 1. The fourth-order valence-electron chi connectivity index (χ4n) is 2.15. The van der Waals surface area contributed by atoms with Gasteiger partial charge in [0.1, 0.15) is 0 Å². The number of benzene rings is 1. The molecule has 0 heterocycles. The van der Waals surface area contributed by atoms with Gasteiger partial charge >= 0.3 is 6.03 Å². The Bertz CT molecular complexity index is 483. The third kappa shape index (κ3) is 4.55. The molecule has 0 spiro atoms. The van der Waals surface area contributed by atoms with E-state index in [9.17, 15) is 4.79 Å². The first kappa shape index (κ1) is 14.3. The van der Waals surface area contributed by atoms with E-state index in [0.29, 0.717) is 6.54 Å². The van der Waals surface area contributed by atoms with Gasteiger partial charge in [0.05, 0.1) is 0 Å². The van der Waals surface area contributed by atoms with Crippen LogP contribution in [0, 0.1) is 5.92 Å². The number of carbonyl (C=O) groups excluding carboxylic acids is 1. The fraction of sp³-hybridized carbons (Fsp3) is 0.312. The van der Waals surface area contributed by atoms with Crippen LogP contribution < -0.4 is 10.6 Å². The van der Waals surface area contributed by atoms with E-state index < -0.39 is 0 Å². The van der Waals surface area contributed by atoms with Gasteiger partial charge in [0.15, 0.2) is 0 Å². The Labute approximate surface area is 119 Å². The SMILES string of the molecule is O=C(NC/C=C/c1ccccc1)N[C@@H]1C=C[C@H](CO)C1. The summed E-state index contributed by atoms with van der Waals surface area (Å²) in [6.45, 7) is 0.622. The third-order valence-corrected chi connectivity index (χ3v) is 3.21. The first-order valence-electron chi connectivity index (χ1n) is 6.83. The number of amides is 2. The van der Waals surface area contributed by atoms with Crippen LogP contribution in [0.25, 0.3) is 6.08 Å². The average Bonchev–Trinajstić information content (AvgIpc) is 2.92. The summed E-state index contributed by atoms with van der Waals surface area (Å²) in [5.41, 5.74) is 1.11. The average molecular weight is 272 g/mol. The van der Waals surface area contributed by atoms with Gasteiger partial charge in [-0.05, 0) is 12.0 Å². The monoisotopic (exact) mass is 272 g/mol. The summed E-state index contributed by atoms with van der Waals surface area (Å²) < 4.78 is 0. The molecule has 20 heavy (non-hydrogen) atoms. The summed E-state index contributed by atoms with van der Waals surface area (Å²) in [4.78, 5) is 11.7. The second-order valence-corrected chi connectivity index (χ2v) is 4.84. The minimum atomic E-state index is -0.184. The molecule has 0 fully saturated rings. The fourth-order valence-corrected chi connectivity index (χ4v) is 2.15. The minimum absolute atomic E-state index is 0.0188. The molecule has 2 atom stereocenters. The van der Waals surface area contributed by atoms with Crippen molar-refractivity contribution in [1.29, 1.82) is 0 Å². The van der Waals surface area contributed by atoms with Gasteiger partial charge < -0.3 is 15.7 Å². The molecule has 4 nitrogen and oxygen atoms in total. The topological polar surface area (TPSA) is 61.4 Å². The van der Waals surface area contributed by atoms with Crippen molar-refractivity contribution < 1.29 is 9.90 Å². The summed E-state index contributed by atoms with van der Waals surface area (Å²) in [5.74, 6) is 0.165. The summed E-state index contributed by atoms with van der Waals surface area (Å²) in [7, 11) is 0. The summed E-state index contributed by atoms with van der Waals surface area (Å²) in [6, 6.07) is 9.77. The number of rotatable bonds is 5. The lowest BCUT2D eigenvalue weighted by atomic mass is 10.1. The molecule has 0 aliphatic heterocycles. The van der Waals surface area contributed by atoms with Gasteiger partial charge in [0.25, 0.3) is 0 Å². The number of aliphatic hydroxyl groups excluding tert-OH is 1. The Kier molecular flexibility index (Phi) is 5.38. The number of hydrogen-bond acceptors (Lipinski definition) is 2. The van der Waals surface area contributed by atoms with Gasteiger partial charge in [0.2, 0.25) is 0 Å². The molecule has 1 aromatic rings. The first-order valence-corrected chi connectivity index (χ1v) is 6.83. The third-order valence-electron chi connectivity index (χ3n) is 3.21. The van der Waals surface area contributed by atoms with E-state index in [2.05, 4.69) is 10.6 Å². The maximum atomic E-state index is 11.7. The van der Waals surface area contributed by atoms with Crippen molar-refractivity contribution in [2.24, 2.45) is 5.92 Å². The lowest BCUT2D eigenvalue weighted by molar-refractivity contribution is 0.232. The lowest BCUT2D eigenvalue weighted by Crippen LogP contribution is -2.40. The zero-order chi connectivity index (χ0) is 14.2. The molecule has 3 N–H and O–H groups in total. The highest BCUT2D eigenvalue weighted by Gasteiger charge is 2.19. The van der Waals surface area contributed by atoms with Crippen LogP contribution in [0.5, 0.6) is 0 Å². The van der Waals surface area contributed by atoms with Crippen LogP contribution in [0.3, 0.4) is 0 Å². The molecular formula is C16H20N2O2. The van der Waals surface area contributed by atoms with Crippen molar-refractivity contribution in [1.82, 2.24) is 10.6 Å². The van der Waals surface area contributed by atoms with Gasteiger partial charge in [-0.3, -0.25) is 0 Å². The van der Waals surface area contributed by atoms with E-state index >= 15 is 0 Å². The van der Waals surface area contributed by atoms with Crippen molar-refractivity contribution >= 4 is 12.1 Å². The van der Waals surface area contributed by atoms with Gasteiger partial charge in [-0.2, -0.15) is 0 Å². The van der Waals surface area contributed by atoms with Crippen LogP contribution in [0.15, 0.2) is 48.6 Å². The van der Waals surface area contributed by atoms with E-state index in [1.807, 2.05) is 54.6 Å². The lowest BCUT2D eigenvalue weighted by Gasteiger charge is -2.12. The molecule has 0 radical (unpaired) electrons. The van der Waals surface area contributed by atoms with Crippen LogP contribution in [0.2, 0.25) is 0 Å². The van der Waals surface area contributed by atoms with Gasteiger partial charge in [-0.15, -0.1) is 0 Å². The Morgan fingerprint density at radius 2 is 2.10 bits per heavy atom. The predicted octanol–water partition coefficient (Wildman–Crippen LogP) is 1.94. The quantitative estimate of drug-likeness (QED) is 0.717. The van der Waals surface area contributed by atoms with E-state index in [1.54, 1.807) is 0 Å². The van der Waals surface area contributed by atoms with E-state index in [4.69, 9.17) is 5.11 Å². The van der Waals surface area contributed by atoms with Gasteiger partial charge in [-0.25, -0.2) is 4.79 Å². The highest BCUT2D eigenvalue weighted by atomic mass is 16.3. The number of aliphatic hydroxyl groups is 1. The van der Waals surface area contributed by atoms with E-state index in [1.165, 1.54) is 0 Å². The van der Waals surface area contributed by atoms with Crippen molar-refractivity contribution in [3.8, 4) is 0 Å². The first-order chi connectivity index (χ1) is 9.78. The Balaban J connectivity index is 1.66. The molecule has 2 amide bonds. The van der Waals surface area contributed by atoms with Crippen LogP contribution in [0.4, 0.5) is 4.79 Å². The molecular weight excluding hydrogens is 252 g/mol. The van der Waals surface area contributed by atoms with Crippen molar-refractivity contribution in [3.63, 3.8) is 0 Å². The molecule has 1 aliphatic carbocycles. The molecule has 0 saturated heterocycles. The zero-order valence-electron chi connectivity index (χ0n) is 11.3. The highest BCUT2D eigenvalue weighted by Crippen LogP contribution is 2.16. The van der Waals surface area contributed by atoms with Crippen LogP contribution in [-0.2, 0) is 0 Å². The second kappa shape index (κ2) is 7.50. The largest absolute Gasteiger partial charge is 0.396 e. The molecule has 1 aliphatic rings.